The molecule has 230 valence electrons. The average molecular weight is 671 g/mol. The first-order valence-electron chi connectivity index (χ1n) is 13.5. The highest BCUT2D eigenvalue weighted by Crippen LogP contribution is 2.38. The van der Waals surface area contributed by atoms with Gasteiger partial charge in [0.1, 0.15) is 21.7 Å². The van der Waals surface area contributed by atoms with Gasteiger partial charge >= 0.3 is 12.1 Å². The van der Waals surface area contributed by atoms with E-state index in [1.54, 1.807) is 28.9 Å². The summed E-state index contributed by atoms with van der Waals surface area (Å²) in [6.07, 6.45) is -1.52. The Bertz CT molecular complexity index is 2020. The zero-order valence-corrected chi connectivity index (χ0v) is 25.5. The predicted octanol–water partition coefficient (Wildman–Crippen LogP) is 6.84. The standard InChI is InChI=1S/C31H22F4N4O3S3/c32-23-14-19(7-10-26(23)45(36)42)13-22-25(15-18-4-5-18)39(30-37-24(16-43-30)29(40)41)38-28(22)20-3-1-2-17(12-20)6-8-21-9-11-27(44-21)31(33,34)35/h1-3,7,9-12,14,16,18H,4-5,13,15,36H2,(H,40,41). The SMILES string of the molecule is NS(=O)c1ccc(Cc2c(-c3cccc(C#Cc4ccc(C(F)(F)F)s4)c3)nn(-c3nc(C(=O)O)cs3)c2CC2CC2)cc1F. The van der Waals surface area contributed by atoms with Crippen LogP contribution in [0.1, 0.15) is 55.5 Å². The fourth-order valence-corrected chi connectivity index (χ4v) is 6.74. The van der Waals surface area contributed by atoms with E-state index in [-0.39, 0.29) is 21.9 Å². The highest BCUT2D eigenvalue weighted by Gasteiger charge is 2.32. The second-order valence-corrected chi connectivity index (χ2v) is 13.3. The number of carboxylic acid groups (broad SMARTS) is 1. The highest BCUT2D eigenvalue weighted by atomic mass is 32.2. The summed E-state index contributed by atoms with van der Waals surface area (Å²) < 4.78 is 67.3. The van der Waals surface area contributed by atoms with Crippen LogP contribution >= 0.6 is 22.7 Å². The molecule has 7 nitrogen and oxygen atoms in total. The fraction of sp³-hybridized carbons (Fsp3) is 0.194. The summed E-state index contributed by atoms with van der Waals surface area (Å²) in [6.45, 7) is 0. The second kappa shape index (κ2) is 12.3. The van der Waals surface area contributed by atoms with Gasteiger partial charge in [0.2, 0.25) is 5.13 Å². The van der Waals surface area contributed by atoms with Crippen molar-refractivity contribution < 1.29 is 31.7 Å². The maximum atomic E-state index is 14.8. The van der Waals surface area contributed by atoms with E-state index in [4.69, 9.17) is 10.2 Å². The van der Waals surface area contributed by atoms with Crippen molar-refractivity contribution in [2.75, 3.05) is 0 Å². The van der Waals surface area contributed by atoms with Crippen LogP contribution in [0.25, 0.3) is 16.4 Å². The van der Waals surface area contributed by atoms with E-state index in [0.717, 1.165) is 41.5 Å². The van der Waals surface area contributed by atoms with Crippen molar-refractivity contribution in [1.82, 2.24) is 14.8 Å². The molecule has 0 radical (unpaired) electrons. The minimum Gasteiger partial charge on any atom is -0.476 e. The van der Waals surface area contributed by atoms with Crippen molar-refractivity contribution in [3.8, 4) is 28.2 Å². The molecule has 0 amide bonds. The lowest BCUT2D eigenvalue weighted by Gasteiger charge is -2.10. The summed E-state index contributed by atoms with van der Waals surface area (Å²) in [5, 5.41) is 21.6. The predicted molar refractivity (Wildman–Crippen MR) is 163 cm³/mol. The number of aromatic nitrogens is 3. The summed E-state index contributed by atoms with van der Waals surface area (Å²) in [6, 6.07) is 13.7. The molecule has 14 heteroatoms. The molecule has 6 rings (SSSR count). The van der Waals surface area contributed by atoms with Gasteiger partial charge in [0.05, 0.1) is 21.2 Å². The lowest BCUT2D eigenvalue weighted by atomic mass is 9.96. The minimum atomic E-state index is -4.44. The van der Waals surface area contributed by atoms with Crippen molar-refractivity contribution in [3.63, 3.8) is 0 Å². The molecule has 2 aromatic carbocycles. The van der Waals surface area contributed by atoms with Gasteiger partial charge in [-0.15, -0.1) is 22.7 Å². The van der Waals surface area contributed by atoms with Crippen LogP contribution < -0.4 is 5.14 Å². The van der Waals surface area contributed by atoms with Gasteiger partial charge in [-0.1, -0.05) is 30.0 Å². The Morgan fingerprint density at radius 2 is 1.93 bits per heavy atom. The maximum Gasteiger partial charge on any atom is 0.425 e. The Morgan fingerprint density at radius 1 is 1.13 bits per heavy atom. The third-order valence-corrected chi connectivity index (χ3v) is 9.73. The lowest BCUT2D eigenvalue weighted by molar-refractivity contribution is -0.134. The van der Waals surface area contributed by atoms with Crippen LogP contribution in [0, 0.1) is 23.6 Å². The van der Waals surface area contributed by atoms with Gasteiger partial charge in [-0.2, -0.15) is 18.3 Å². The third kappa shape index (κ3) is 6.91. The van der Waals surface area contributed by atoms with Gasteiger partial charge in [0, 0.05) is 28.5 Å². The molecule has 1 aliphatic carbocycles. The monoisotopic (exact) mass is 670 g/mol. The Hall–Kier alpha value is -4.16. The zero-order chi connectivity index (χ0) is 31.9. The van der Waals surface area contributed by atoms with E-state index in [2.05, 4.69) is 16.8 Å². The molecule has 1 saturated carbocycles. The number of hydrogen-bond acceptors (Lipinski definition) is 6. The van der Waals surface area contributed by atoms with Gasteiger partial charge in [-0.05, 0) is 67.1 Å². The molecule has 3 aromatic heterocycles. The number of carbonyl (C=O) groups is 1. The Balaban J connectivity index is 1.46. The minimum absolute atomic E-state index is 0.113. The smallest absolute Gasteiger partial charge is 0.425 e. The molecule has 1 atom stereocenters. The molecule has 45 heavy (non-hydrogen) atoms. The molecule has 0 saturated heterocycles. The quantitative estimate of drug-likeness (QED) is 0.139. The van der Waals surface area contributed by atoms with E-state index < -0.39 is 33.8 Å². The molecule has 0 aliphatic heterocycles. The van der Waals surface area contributed by atoms with Crippen LogP contribution in [-0.4, -0.2) is 30.0 Å². The number of hydrogen-bond donors (Lipinski definition) is 2. The van der Waals surface area contributed by atoms with Crippen LogP contribution in [0.2, 0.25) is 0 Å². The number of nitrogens with zero attached hydrogens (tertiary/aromatic N) is 3. The Labute approximate surface area is 265 Å². The molecule has 0 bridgehead atoms. The maximum absolute atomic E-state index is 14.8. The number of aromatic carboxylic acids is 1. The number of carboxylic acids is 1. The number of halogens is 4. The van der Waals surface area contributed by atoms with E-state index in [1.165, 1.54) is 23.6 Å². The van der Waals surface area contributed by atoms with E-state index in [1.807, 2.05) is 6.07 Å². The number of nitrogens with two attached hydrogens (primary N) is 1. The van der Waals surface area contributed by atoms with Crippen LogP contribution in [0.3, 0.4) is 0 Å². The van der Waals surface area contributed by atoms with Crippen molar-refractivity contribution in [2.45, 2.75) is 36.8 Å². The van der Waals surface area contributed by atoms with Crippen LogP contribution in [0.15, 0.2) is 64.9 Å². The average Bonchev–Trinajstić information content (AvgIpc) is 3.33. The second-order valence-electron chi connectivity index (χ2n) is 10.4. The topological polar surface area (TPSA) is 111 Å². The fourth-order valence-electron chi connectivity index (χ4n) is 4.78. The number of thiazole rings is 1. The number of thiophene rings is 1. The molecule has 3 heterocycles. The first-order chi connectivity index (χ1) is 21.5. The number of rotatable bonds is 8. The molecule has 1 fully saturated rings. The first-order valence-corrected chi connectivity index (χ1v) is 16.4. The van der Waals surface area contributed by atoms with Gasteiger partial charge < -0.3 is 5.11 Å². The normalized spacial score (nSPS) is 13.8. The Kier molecular flexibility index (Phi) is 8.45. The zero-order valence-electron chi connectivity index (χ0n) is 23.1. The summed E-state index contributed by atoms with van der Waals surface area (Å²) in [5.41, 5.74) is 3.79. The molecule has 1 aliphatic rings. The lowest BCUT2D eigenvalue weighted by Crippen LogP contribution is -2.07. The third-order valence-electron chi connectivity index (χ3n) is 7.11. The first kappa shape index (κ1) is 30.8. The summed E-state index contributed by atoms with van der Waals surface area (Å²) >= 11 is 1.70. The molecule has 5 aromatic rings. The van der Waals surface area contributed by atoms with E-state index in [0.29, 0.717) is 51.2 Å². The molecular formula is C31H22F4N4O3S3. The number of benzene rings is 2. The van der Waals surface area contributed by atoms with Gasteiger partial charge in [-0.3, -0.25) is 0 Å². The van der Waals surface area contributed by atoms with E-state index >= 15 is 0 Å². The van der Waals surface area contributed by atoms with Gasteiger partial charge in [-0.25, -0.2) is 28.2 Å². The molecular weight excluding hydrogens is 649 g/mol. The van der Waals surface area contributed by atoms with Gasteiger partial charge in [0.15, 0.2) is 5.69 Å². The van der Waals surface area contributed by atoms with Crippen molar-refractivity contribution in [1.29, 1.82) is 0 Å². The largest absolute Gasteiger partial charge is 0.476 e. The van der Waals surface area contributed by atoms with Gasteiger partial charge in [0.25, 0.3) is 0 Å². The van der Waals surface area contributed by atoms with Crippen LogP contribution in [0.4, 0.5) is 17.6 Å². The van der Waals surface area contributed by atoms with E-state index in [9.17, 15) is 31.7 Å². The Morgan fingerprint density at radius 3 is 2.58 bits per heavy atom. The van der Waals surface area contributed by atoms with Crippen molar-refractivity contribution in [2.24, 2.45) is 11.1 Å². The summed E-state index contributed by atoms with van der Waals surface area (Å²) in [5.74, 6) is 4.27. The molecule has 3 N–H and O–H groups in total. The summed E-state index contributed by atoms with van der Waals surface area (Å²) in [4.78, 5) is 15.3. The molecule has 1 unspecified atom stereocenters. The molecule has 0 spiro atoms. The van der Waals surface area contributed by atoms with Crippen LogP contribution in [0.5, 0.6) is 0 Å². The van der Waals surface area contributed by atoms with Crippen molar-refractivity contribution in [3.05, 3.63) is 104 Å². The summed E-state index contributed by atoms with van der Waals surface area (Å²) in [7, 11) is -1.99. The number of alkyl halides is 3. The highest BCUT2D eigenvalue weighted by molar-refractivity contribution is 7.82. The van der Waals surface area contributed by atoms with Crippen LogP contribution in [-0.2, 0) is 30.0 Å². The van der Waals surface area contributed by atoms with Crippen molar-refractivity contribution >= 4 is 39.6 Å².